The van der Waals surface area contributed by atoms with E-state index >= 15 is 0 Å². The number of hydrogen-bond donors (Lipinski definition) is 0. The van der Waals surface area contributed by atoms with E-state index in [1.54, 1.807) is 6.08 Å². The van der Waals surface area contributed by atoms with Gasteiger partial charge in [0, 0.05) is 24.0 Å². The van der Waals surface area contributed by atoms with Gasteiger partial charge in [-0.05, 0) is 60.9 Å². The van der Waals surface area contributed by atoms with E-state index in [-0.39, 0.29) is 5.91 Å². The number of nitrogens with zero attached hydrogens (tertiary/aromatic N) is 4. The second-order valence-electron chi connectivity index (χ2n) is 7.96. The molecule has 0 bridgehead atoms. The molecule has 0 aliphatic carbocycles. The van der Waals surface area contributed by atoms with Crippen molar-refractivity contribution in [2.45, 2.75) is 26.9 Å². The van der Waals surface area contributed by atoms with Crippen LogP contribution in [0.15, 0.2) is 79.1 Å². The van der Waals surface area contributed by atoms with Gasteiger partial charge in [0.2, 0.25) is 5.91 Å². The lowest BCUT2D eigenvalue weighted by Gasteiger charge is -2.16. The van der Waals surface area contributed by atoms with Crippen molar-refractivity contribution in [2.75, 3.05) is 0 Å². The summed E-state index contributed by atoms with van der Waals surface area (Å²) in [7, 11) is 0. The van der Waals surface area contributed by atoms with E-state index in [2.05, 4.69) is 36.6 Å². The molecule has 3 heterocycles. The van der Waals surface area contributed by atoms with Crippen molar-refractivity contribution in [2.24, 2.45) is 0 Å². The van der Waals surface area contributed by atoms with Crippen LogP contribution in [0.5, 0.6) is 0 Å². The van der Waals surface area contributed by atoms with E-state index < -0.39 is 0 Å². The predicted octanol–water partition coefficient (Wildman–Crippen LogP) is 4.84. The molecule has 0 saturated carbocycles. The fourth-order valence-corrected chi connectivity index (χ4v) is 3.97. The van der Waals surface area contributed by atoms with Crippen molar-refractivity contribution in [3.8, 4) is 11.5 Å². The second-order valence-corrected chi connectivity index (χ2v) is 7.96. The first-order valence-electron chi connectivity index (χ1n) is 10.4. The summed E-state index contributed by atoms with van der Waals surface area (Å²) in [5.74, 6) is 0.989. The summed E-state index contributed by atoms with van der Waals surface area (Å²) >= 11 is 0. The Bertz CT molecular complexity index is 1270. The number of aryl methyl sites for hydroxylation is 2. The largest absolute Gasteiger partial charge is 0.329 e. The summed E-state index contributed by atoms with van der Waals surface area (Å²) in [4.78, 5) is 14.7. The minimum atomic E-state index is -0.00182. The highest BCUT2D eigenvalue weighted by atomic mass is 16.2. The van der Waals surface area contributed by atoms with Gasteiger partial charge >= 0.3 is 0 Å². The predicted molar refractivity (Wildman–Crippen MR) is 122 cm³/mol. The molecular formula is C26H24N4O. The molecule has 5 rings (SSSR count). The highest BCUT2D eigenvalue weighted by Gasteiger charge is 2.30. The number of rotatable bonds is 4. The summed E-state index contributed by atoms with van der Waals surface area (Å²) in [6, 6.07) is 20.3. The molecule has 154 valence electrons. The topological polar surface area (TPSA) is 43.1 Å². The lowest BCUT2D eigenvalue weighted by Crippen LogP contribution is -2.24. The minimum Gasteiger partial charge on any atom is -0.329 e. The third-order valence-corrected chi connectivity index (χ3v) is 5.84. The molecule has 5 nitrogen and oxygen atoms in total. The molecule has 0 radical (unpaired) electrons. The molecular weight excluding hydrogens is 384 g/mol. The quantitative estimate of drug-likeness (QED) is 0.454. The molecule has 0 atom stereocenters. The number of benzene rings is 2. The van der Waals surface area contributed by atoms with Crippen molar-refractivity contribution in [1.82, 2.24) is 19.2 Å². The fraction of sp³-hybridized carbons (Fsp3) is 0.154. The molecule has 2 aromatic heterocycles. The summed E-state index contributed by atoms with van der Waals surface area (Å²) < 4.78 is 4.08. The summed E-state index contributed by atoms with van der Waals surface area (Å²) in [5, 5.41) is 4.92. The first kappa shape index (κ1) is 19.1. The van der Waals surface area contributed by atoms with Crippen LogP contribution in [0.2, 0.25) is 0 Å². The van der Waals surface area contributed by atoms with E-state index in [9.17, 15) is 4.79 Å². The normalized spacial score (nSPS) is 13.2. The van der Waals surface area contributed by atoms with Crippen LogP contribution in [-0.4, -0.2) is 25.2 Å². The number of carbonyl (C=O) groups is 1. The van der Waals surface area contributed by atoms with Crippen molar-refractivity contribution >= 4 is 12.0 Å². The Labute approximate surface area is 181 Å². The Balaban J connectivity index is 1.47. The van der Waals surface area contributed by atoms with Crippen molar-refractivity contribution < 1.29 is 4.79 Å². The van der Waals surface area contributed by atoms with Crippen LogP contribution in [0.1, 0.15) is 27.9 Å². The van der Waals surface area contributed by atoms with Gasteiger partial charge < -0.3 is 9.47 Å². The molecule has 0 unspecified atom stereocenters. The second kappa shape index (κ2) is 7.76. The van der Waals surface area contributed by atoms with Gasteiger partial charge in [0.15, 0.2) is 0 Å². The molecule has 31 heavy (non-hydrogen) atoms. The molecule has 0 spiro atoms. The van der Waals surface area contributed by atoms with E-state index in [1.165, 1.54) is 11.1 Å². The highest BCUT2D eigenvalue weighted by Crippen LogP contribution is 2.31. The average molecular weight is 409 g/mol. The molecule has 1 aliphatic rings. The maximum Gasteiger partial charge on any atom is 0.247 e. The zero-order chi connectivity index (χ0) is 21.4. The molecule has 1 aliphatic heterocycles. The van der Waals surface area contributed by atoms with Crippen LogP contribution in [-0.2, 0) is 17.9 Å². The molecule has 1 amide bonds. The Morgan fingerprint density at radius 3 is 2.45 bits per heavy atom. The highest BCUT2D eigenvalue weighted by molar-refractivity contribution is 5.92. The SMILES string of the molecule is Cc1ccc(-n2nc3c(c2-n2cccc2)CN(C(=O)/C=C/c2ccccc2)C3)cc1C. The van der Waals surface area contributed by atoms with Gasteiger partial charge in [-0.1, -0.05) is 36.4 Å². The third kappa shape index (κ3) is 3.59. The summed E-state index contributed by atoms with van der Waals surface area (Å²) in [6.45, 7) is 5.29. The lowest BCUT2D eigenvalue weighted by atomic mass is 10.1. The zero-order valence-corrected chi connectivity index (χ0v) is 17.7. The van der Waals surface area contributed by atoms with Gasteiger partial charge in [-0.2, -0.15) is 5.10 Å². The Hall–Kier alpha value is -3.86. The first-order valence-corrected chi connectivity index (χ1v) is 10.4. The smallest absolute Gasteiger partial charge is 0.247 e. The monoisotopic (exact) mass is 408 g/mol. The third-order valence-electron chi connectivity index (χ3n) is 5.84. The molecule has 2 aromatic carbocycles. The van der Waals surface area contributed by atoms with E-state index in [1.807, 2.05) is 70.5 Å². The minimum absolute atomic E-state index is 0.00182. The zero-order valence-electron chi connectivity index (χ0n) is 17.7. The van der Waals surface area contributed by atoms with Crippen molar-refractivity contribution in [1.29, 1.82) is 0 Å². The summed E-state index contributed by atoms with van der Waals surface area (Å²) in [5.41, 5.74) is 6.57. The first-order chi connectivity index (χ1) is 15.1. The van der Waals surface area contributed by atoms with E-state index in [0.29, 0.717) is 13.1 Å². The molecule has 0 N–H and O–H groups in total. The molecule has 4 aromatic rings. The van der Waals surface area contributed by atoms with Crippen LogP contribution >= 0.6 is 0 Å². The van der Waals surface area contributed by atoms with Crippen LogP contribution < -0.4 is 0 Å². The van der Waals surface area contributed by atoms with Crippen molar-refractivity contribution in [3.05, 3.63) is 107 Å². The molecule has 0 saturated heterocycles. The van der Waals surface area contributed by atoms with Crippen LogP contribution in [0.3, 0.4) is 0 Å². The van der Waals surface area contributed by atoms with E-state index in [0.717, 1.165) is 28.3 Å². The number of hydrogen-bond acceptors (Lipinski definition) is 2. The van der Waals surface area contributed by atoms with E-state index in [4.69, 9.17) is 5.10 Å². The number of fused-ring (bicyclic) bond motifs is 1. The van der Waals surface area contributed by atoms with Gasteiger partial charge in [-0.25, -0.2) is 4.68 Å². The Morgan fingerprint density at radius 2 is 1.71 bits per heavy atom. The maximum atomic E-state index is 12.8. The number of aromatic nitrogens is 3. The summed E-state index contributed by atoms with van der Waals surface area (Å²) in [6.07, 6.45) is 7.55. The fourth-order valence-electron chi connectivity index (χ4n) is 3.97. The molecule has 5 heteroatoms. The van der Waals surface area contributed by atoms with Gasteiger partial charge in [0.05, 0.1) is 24.5 Å². The van der Waals surface area contributed by atoms with Crippen molar-refractivity contribution in [3.63, 3.8) is 0 Å². The lowest BCUT2D eigenvalue weighted by molar-refractivity contribution is -0.126. The van der Waals surface area contributed by atoms with Gasteiger partial charge in [0.1, 0.15) is 5.82 Å². The molecule has 0 fully saturated rings. The Morgan fingerprint density at radius 1 is 0.935 bits per heavy atom. The van der Waals surface area contributed by atoms with Crippen LogP contribution in [0.4, 0.5) is 0 Å². The Kier molecular flexibility index (Phi) is 4.79. The number of carbonyl (C=O) groups excluding carboxylic acids is 1. The maximum absolute atomic E-state index is 12.8. The van der Waals surface area contributed by atoms with Gasteiger partial charge in [0.25, 0.3) is 0 Å². The van der Waals surface area contributed by atoms with Gasteiger partial charge in [-0.15, -0.1) is 0 Å². The number of amides is 1. The standard InChI is InChI=1S/C26H24N4O/c1-19-10-12-22(16-20(19)2)30-26(28-14-6-7-15-28)23-17-29(18-24(23)27-30)25(31)13-11-21-8-4-3-5-9-21/h3-16H,17-18H2,1-2H3/b13-11+. The average Bonchev–Trinajstić information content (AvgIpc) is 3.50. The van der Waals surface area contributed by atoms with Crippen LogP contribution in [0.25, 0.3) is 17.6 Å². The van der Waals surface area contributed by atoms with Gasteiger partial charge in [-0.3, -0.25) is 4.79 Å². The van der Waals surface area contributed by atoms with Crippen LogP contribution in [0, 0.1) is 13.8 Å².